The van der Waals surface area contributed by atoms with Gasteiger partial charge in [-0.1, -0.05) is 12.1 Å². The normalized spacial score (nSPS) is 9.46. The van der Waals surface area contributed by atoms with Crippen LogP contribution in [0.2, 0.25) is 0 Å². The van der Waals surface area contributed by atoms with Crippen molar-refractivity contribution in [2.45, 2.75) is 0 Å². The molecule has 2 aromatic carbocycles. The molecule has 7 heteroatoms. The molecule has 2 aromatic rings. The van der Waals surface area contributed by atoms with Gasteiger partial charge in [0.05, 0.1) is 34.4 Å². The van der Waals surface area contributed by atoms with Crippen LogP contribution in [-0.2, 0) is 14.3 Å². The predicted octanol–water partition coefficient (Wildman–Crippen LogP) is 2.01. The van der Waals surface area contributed by atoms with E-state index < -0.39 is 30.9 Å². The highest BCUT2D eigenvalue weighted by molar-refractivity contribution is 5.94. The van der Waals surface area contributed by atoms with Crippen LogP contribution in [0, 0.1) is 22.7 Å². The van der Waals surface area contributed by atoms with Gasteiger partial charge in [-0.15, -0.1) is 0 Å². The maximum Gasteiger partial charge on any atom is 0.338 e. The fourth-order valence-corrected chi connectivity index (χ4v) is 1.93. The second kappa shape index (κ2) is 8.76. The Morgan fingerprint density at radius 2 is 1.19 bits per heavy atom. The summed E-state index contributed by atoms with van der Waals surface area (Å²) >= 11 is 0. The average Bonchev–Trinajstić information content (AvgIpc) is 2.70. The van der Waals surface area contributed by atoms with Gasteiger partial charge in [0.15, 0.2) is 13.2 Å². The molecule has 0 N–H and O–H groups in total. The van der Waals surface area contributed by atoms with Gasteiger partial charge in [-0.05, 0) is 36.4 Å². The highest BCUT2D eigenvalue weighted by Gasteiger charge is 2.14. The topological polar surface area (TPSA) is 117 Å². The zero-order valence-electron chi connectivity index (χ0n) is 13.5. The lowest BCUT2D eigenvalue weighted by Gasteiger charge is -2.06. The molecule has 0 heterocycles. The van der Waals surface area contributed by atoms with Crippen molar-refractivity contribution >= 4 is 17.7 Å². The van der Waals surface area contributed by atoms with Crippen LogP contribution < -0.4 is 0 Å². The molecule has 0 aliphatic heterocycles. The molecule has 0 spiro atoms. The first-order chi connectivity index (χ1) is 12.5. The van der Waals surface area contributed by atoms with E-state index >= 15 is 0 Å². The molecule has 0 fully saturated rings. The summed E-state index contributed by atoms with van der Waals surface area (Å²) in [5.41, 5.74) is 0.864. The fraction of sp³-hybridized carbons (Fsp3) is 0.105. The molecule has 128 valence electrons. The van der Waals surface area contributed by atoms with Crippen molar-refractivity contribution in [3.05, 3.63) is 70.8 Å². The van der Waals surface area contributed by atoms with E-state index in [1.54, 1.807) is 0 Å². The Hall–Kier alpha value is -3.97. The molecule has 0 saturated heterocycles. The molecule has 7 nitrogen and oxygen atoms in total. The average molecular weight is 348 g/mol. The van der Waals surface area contributed by atoms with Crippen molar-refractivity contribution in [2.75, 3.05) is 13.2 Å². The van der Waals surface area contributed by atoms with E-state index in [2.05, 4.69) is 0 Å². The van der Waals surface area contributed by atoms with E-state index in [1.165, 1.54) is 48.5 Å². The number of Topliss-reactive ketones (excluding diaryl/α,β-unsaturated/α-hetero) is 1. The monoisotopic (exact) mass is 348 g/mol. The molecule has 0 saturated carbocycles. The summed E-state index contributed by atoms with van der Waals surface area (Å²) in [5.74, 6) is -2.13. The summed E-state index contributed by atoms with van der Waals surface area (Å²) < 4.78 is 9.66. The van der Waals surface area contributed by atoms with Crippen molar-refractivity contribution in [3.63, 3.8) is 0 Å². The number of benzene rings is 2. The van der Waals surface area contributed by atoms with Gasteiger partial charge in [0.25, 0.3) is 0 Å². The highest BCUT2D eigenvalue weighted by Crippen LogP contribution is 2.07. The Morgan fingerprint density at radius 1 is 0.769 bits per heavy atom. The van der Waals surface area contributed by atoms with E-state index in [9.17, 15) is 14.4 Å². The molecular formula is C19H12N2O5. The third kappa shape index (κ3) is 5.02. The van der Waals surface area contributed by atoms with Crippen LogP contribution >= 0.6 is 0 Å². The quantitative estimate of drug-likeness (QED) is 0.733. The second-order valence-electron chi connectivity index (χ2n) is 5.08. The van der Waals surface area contributed by atoms with Crippen molar-refractivity contribution in [1.82, 2.24) is 0 Å². The second-order valence-corrected chi connectivity index (χ2v) is 5.08. The van der Waals surface area contributed by atoms with Crippen LogP contribution in [0.5, 0.6) is 0 Å². The van der Waals surface area contributed by atoms with Crippen molar-refractivity contribution in [3.8, 4) is 12.1 Å². The van der Waals surface area contributed by atoms with Gasteiger partial charge in [0.1, 0.15) is 0 Å². The number of ketones is 1. The van der Waals surface area contributed by atoms with E-state index in [0.29, 0.717) is 11.1 Å². The van der Waals surface area contributed by atoms with Gasteiger partial charge in [-0.25, -0.2) is 9.59 Å². The maximum absolute atomic E-state index is 11.8. The molecule has 0 radical (unpaired) electrons. The number of carbonyl (C=O) groups is 3. The summed E-state index contributed by atoms with van der Waals surface area (Å²) in [5, 5.41) is 17.6. The minimum atomic E-state index is -0.761. The van der Waals surface area contributed by atoms with Crippen LogP contribution in [0.15, 0.2) is 48.5 Å². The van der Waals surface area contributed by atoms with Gasteiger partial charge in [-0.3, -0.25) is 4.79 Å². The number of hydrogen-bond acceptors (Lipinski definition) is 7. The molecule has 0 amide bonds. The first-order valence-corrected chi connectivity index (χ1v) is 7.40. The highest BCUT2D eigenvalue weighted by atomic mass is 16.6. The largest absolute Gasteiger partial charge is 0.454 e. The third-order valence-corrected chi connectivity index (χ3v) is 3.18. The third-order valence-electron chi connectivity index (χ3n) is 3.18. The summed E-state index contributed by atoms with van der Waals surface area (Å²) in [4.78, 5) is 35.4. The molecular weight excluding hydrogens is 336 g/mol. The zero-order valence-corrected chi connectivity index (χ0v) is 13.5. The van der Waals surface area contributed by atoms with Gasteiger partial charge in [-0.2, -0.15) is 10.5 Å². The van der Waals surface area contributed by atoms with E-state index in [1.807, 2.05) is 12.1 Å². The van der Waals surface area contributed by atoms with Crippen LogP contribution in [-0.4, -0.2) is 30.9 Å². The lowest BCUT2D eigenvalue weighted by molar-refractivity contribution is -0.125. The SMILES string of the molecule is N#Cc1cccc(C(=O)OCC(=O)COC(=O)c2cccc(C#N)c2)c1. The Bertz CT molecular complexity index is 862. The molecule has 0 aromatic heterocycles. The van der Waals surface area contributed by atoms with Gasteiger partial charge < -0.3 is 9.47 Å². The van der Waals surface area contributed by atoms with Crippen LogP contribution in [0.1, 0.15) is 31.8 Å². The summed E-state index contributed by atoms with van der Waals surface area (Å²) in [7, 11) is 0. The smallest absolute Gasteiger partial charge is 0.338 e. The Kier molecular flexibility index (Phi) is 6.19. The minimum absolute atomic E-state index is 0.141. The standard InChI is InChI=1S/C19H12N2O5/c20-9-13-3-1-5-15(7-13)18(23)25-11-17(22)12-26-19(24)16-6-2-4-14(8-16)10-21/h1-8H,11-12H2. The first kappa shape index (κ1) is 18.4. The zero-order chi connectivity index (χ0) is 18.9. The Balaban J connectivity index is 1.83. The summed E-state index contributed by atoms with van der Waals surface area (Å²) in [6, 6.07) is 15.5. The lowest BCUT2D eigenvalue weighted by Crippen LogP contribution is -2.20. The van der Waals surface area contributed by atoms with Crippen LogP contribution in [0.4, 0.5) is 0 Å². The summed E-state index contributed by atoms with van der Waals surface area (Å²) in [6.45, 7) is -1.14. The number of carbonyl (C=O) groups excluding carboxylic acids is 3. The predicted molar refractivity (Wildman–Crippen MR) is 87.9 cm³/mol. The van der Waals surface area contributed by atoms with Gasteiger partial charge in [0.2, 0.25) is 5.78 Å². The molecule has 0 unspecified atom stereocenters. The number of esters is 2. The Labute approximate surface area is 149 Å². The van der Waals surface area contributed by atoms with Crippen molar-refractivity contribution in [1.29, 1.82) is 10.5 Å². The first-order valence-electron chi connectivity index (χ1n) is 7.40. The Morgan fingerprint density at radius 3 is 1.58 bits per heavy atom. The van der Waals surface area contributed by atoms with E-state index in [4.69, 9.17) is 20.0 Å². The number of rotatable bonds is 6. The van der Waals surface area contributed by atoms with Crippen molar-refractivity contribution in [2.24, 2.45) is 0 Å². The number of ether oxygens (including phenoxy) is 2. The molecule has 0 atom stereocenters. The van der Waals surface area contributed by atoms with Crippen molar-refractivity contribution < 1.29 is 23.9 Å². The van der Waals surface area contributed by atoms with E-state index in [-0.39, 0.29) is 11.1 Å². The van der Waals surface area contributed by atoms with Crippen LogP contribution in [0.3, 0.4) is 0 Å². The van der Waals surface area contributed by atoms with Crippen LogP contribution in [0.25, 0.3) is 0 Å². The van der Waals surface area contributed by atoms with E-state index in [0.717, 1.165) is 0 Å². The van der Waals surface area contributed by atoms with Gasteiger partial charge in [0, 0.05) is 0 Å². The number of hydrogen-bond donors (Lipinski definition) is 0. The van der Waals surface area contributed by atoms with Gasteiger partial charge >= 0.3 is 11.9 Å². The fourth-order valence-electron chi connectivity index (χ4n) is 1.93. The number of nitrogens with zero attached hydrogens (tertiary/aromatic N) is 2. The minimum Gasteiger partial charge on any atom is -0.454 e. The molecule has 0 aliphatic carbocycles. The summed E-state index contributed by atoms with van der Waals surface area (Å²) in [6.07, 6.45) is 0. The maximum atomic E-state index is 11.8. The lowest BCUT2D eigenvalue weighted by atomic mass is 10.1. The molecule has 0 bridgehead atoms. The molecule has 2 rings (SSSR count). The molecule has 26 heavy (non-hydrogen) atoms. The molecule has 0 aliphatic rings. The number of nitriles is 2.